The van der Waals surface area contributed by atoms with Crippen molar-refractivity contribution >= 4 is 29.3 Å². The molecule has 1 spiro atoms. The fraction of sp³-hybridized carbons (Fsp3) is 0.391. The molecule has 0 aromatic heterocycles. The smallest absolute Gasteiger partial charge is 0.330 e. The molecule has 0 aliphatic carbocycles. The Balaban J connectivity index is 1.34. The molecule has 5 rings (SSSR count). The number of carbonyl (C=O) groups excluding carboxylic acids is 2. The van der Waals surface area contributed by atoms with Crippen molar-refractivity contribution in [2.75, 3.05) is 18.0 Å². The number of piperidine rings is 1. The van der Waals surface area contributed by atoms with Crippen LogP contribution >= 0.6 is 11.8 Å². The molecule has 3 atom stereocenters. The lowest BCUT2D eigenvalue weighted by Crippen LogP contribution is -2.69. The number of ether oxygens (including phenoxy) is 1. The van der Waals surface area contributed by atoms with Gasteiger partial charge in [0.25, 0.3) is 0 Å². The maximum atomic E-state index is 13.2. The zero-order valence-electron chi connectivity index (χ0n) is 16.6. The number of β-lactam (4-membered cyclic amide) rings is 1. The summed E-state index contributed by atoms with van der Waals surface area (Å²) in [5.41, 5.74) is 8.20. The second kappa shape index (κ2) is 7.63. The third-order valence-corrected chi connectivity index (χ3v) is 8.29. The molecule has 1 amide bonds. The van der Waals surface area contributed by atoms with E-state index in [0.717, 1.165) is 31.5 Å². The SMILES string of the molecule is NC1C(=O)N2C(C(=O)OCc3ccccc3)C3(CCN(c4ccccc4)CC3)S[C@@H]12. The van der Waals surface area contributed by atoms with Gasteiger partial charge in [0.05, 0.1) is 4.75 Å². The number of hydrogen-bond donors (Lipinski definition) is 1. The van der Waals surface area contributed by atoms with Crippen LogP contribution in [0.25, 0.3) is 0 Å². The molecule has 156 valence electrons. The minimum atomic E-state index is -0.568. The molecule has 3 heterocycles. The van der Waals surface area contributed by atoms with Crippen LogP contribution in [0.15, 0.2) is 60.7 Å². The predicted molar refractivity (Wildman–Crippen MR) is 117 cm³/mol. The Labute approximate surface area is 180 Å². The number of rotatable bonds is 4. The van der Waals surface area contributed by atoms with E-state index in [-0.39, 0.29) is 28.6 Å². The highest BCUT2D eigenvalue weighted by Crippen LogP contribution is 2.55. The highest BCUT2D eigenvalue weighted by atomic mass is 32.2. The molecule has 3 aliphatic rings. The van der Waals surface area contributed by atoms with Gasteiger partial charge in [-0.2, -0.15) is 0 Å². The van der Waals surface area contributed by atoms with Gasteiger partial charge in [-0.15, -0.1) is 11.8 Å². The maximum absolute atomic E-state index is 13.2. The molecule has 2 N–H and O–H groups in total. The number of amides is 1. The molecule has 2 aromatic carbocycles. The van der Waals surface area contributed by atoms with Crippen LogP contribution < -0.4 is 10.6 Å². The summed E-state index contributed by atoms with van der Waals surface area (Å²) in [4.78, 5) is 29.7. The van der Waals surface area contributed by atoms with Gasteiger partial charge in [0.1, 0.15) is 24.1 Å². The minimum Gasteiger partial charge on any atom is -0.459 e. The van der Waals surface area contributed by atoms with Crippen LogP contribution in [0.4, 0.5) is 5.69 Å². The highest BCUT2D eigenvalue weighted by Gasteiger charge is 2.66. The van der Waals surface area contributed by atoms with Gasteiger partial charge >= 0.3 is 5.97 Å². The predicted octanol–water partition coefficient (Wildman–Crippen LogP) is 2.38. The molecule has 0 bridgehead atoms. The summed E-state index contributed by atoms with van der Waals surface area (Å²) in [5.74, 6) is -0.459. The Bertz CT molecular complexity index is 931. The quantitative estimate of drug-likeness (QED) is 0.601. The van der Waals surface area contributed by atoms with Crippen LogP contribution in [0, 0.1) is 0 Å². The van der Waals surface area contributed by atoms with Crippen molar-refractivity contribution in [1.29, 1.82) is 0 Å². The number of nitrogens with two attached hydrogens (primary N) is 1. The Hall–Kier alpha value is -2.51. The lowest BCUT2D eigenvalue weighted by atomic mass is 9.85. The third kappa shape index (κ3) is 3.17. The molecule has 3 fully saturated rings. The van der Waals surface area contributed by atoms with Crippen molar-refractivity contribution in [1.82, 2.24) is 4.90 Å². The molecule has 3 aliphatic heterocycles. The van der Waals surface area contributed by atoms with Crippen LogP contribution in [-0.4, -0.2) is 52.1 Å². The van der Waals surface area contributed by atoms with Gasteiger partial charge in [0, 0.05) is 18.8 Å². The van der Waals surface area contributed by atoms with Crippen molar-refractivity contribution in [3.05, 3.63) is 66.2 Å². The van der Waals surface area contributed by atoms with E-state index in [1.807, 2.05) is 48.5 Å². The van der Waals surface area contributed by atoms with Gasteiger partial charge in [-0.3, -0.25) is 4.79 Å². The van der Waals surface area contributed by atoms with Crippen molar-refractivity contribution in [2.24, 2.45) is 5.73 Å². The fourth-order valence-corrected chi connectivity index (χ4v) is 6.62. The van der Waals surface area contributed by atoms with E-state index >= 15 is 0 Å². The Morgan fingerprint density at radius 2 is 1.70 bits per heavy atom. The molecule has 2 unspecified atom stereocenters. The molecule has 0 radical (unpaired) electrons. The number of hydrogen-bond acceptors (Lipinski definition) is 6. The van der Waals surface area contributed by atoms with E-state index in [1.54, 1.807) is 16.7 Å². The fourth-order valence-electron chi connectivity index (χ4n) is 4.78. The second-order valence-corrected chi connectivity index (χ2v) is 9.69. The Morgan fingerprint density at radius 3 is 2.37 bits per heavy atom. The standard InChI is InChI=1S/C23H25N3O3S/c24-18-20(27)26-19(22(28)29-15-16-7-3-1-4-8-16)23(30-21(18)26)11-13-25(14-12-23)17-9-5-2-6-10-17/h1-10,18-19,21H,11-15,24H2/t18?,19?,21-/m0/s1. The molecule has 30 heavy (non-hydrogen) atoms. The Kier molecular flexibility index (Phi) is 4.95. The number of carbonyl (C=O) groups is 2. The average Bonchev–Trinajstić information content (AvgIpc) is 3.10. The summed E-state index contributed by atoms with van der Waals surface area (Å²) < 4.78 is 5.35. The van der Waals surface area contributed by atoms with Crippen LogP contribution in [-0.2, 0) is 20.9 Å². The molecule has 6 nitrogen and oxygen atoms in total. The zero-order chi connectivity index (χ0) is 20.7. The highest BCUT2D eigenvalue weighted by molar-refractivity contribution is 8.01. The normalized spacial score (nSPS) is 27.0. The van der Waals surface area contributed by atoms with Gasteiger partial charge in [0.2, 0.25) is 5.91 Å². The van der Waals surface area contributed by atoms with Gasteiger partial charge in [-0.25, -0.2) is 4.79 Å². The summed E-state index contributed by atoms with van der Waals surface area (Å²) in [6, 6.07) is 18.8. The van der Waals surface area contributed by atoms with Gasteiger partial charge < -0.3 is 20.3 Å². The van der Waals surface area contributed by atoms with E-state index < -0.39 is 12.1 Å². The van der Waals surface area contributed by atoms with Gasteiger partial charge in [0.15, 0.2) is 0 Å². The minimum absolute atomic E-state index is 0.130. The zero-order valence-corrected chi connectivity index (χ0v) is 17.5. The van der Waals surface area contributed by atoms with Gasteiger partial charge in [-0.1, -0.05) is 48.5 Å². The molecule has 3 saturated heterocycles. The van der Waals surface area contributed by atoms with E-state index in [2.05, 4.69) is 17.0 Å². The van der Waals surface area contributed by atoms with Gasteiger partial charge in [-0.05, 0) is 30.5 Å². The summed E-state index contributed by atoms with van der Waals surface area (Å²) in [5, 5.41) is -0.130. The first-order valence-corrected chi connectivity index (χ1v) is 11.2. The number of anilines is 1. The molecule has 0 saturated carbocycles. The van der Waals surface area contributed by atoms with Crippen LogP contribution in [0.5, 0.6) is 0 Å². The van der Waals surface area contributed by atoms with E-state index in [1.165, 1.54) is 5.69 Å². The van der Waals surface area contributed by atoms with Crippen molar-refractivity contribution in [3.63, 3.8) is 0 Å². The van der Waals surface area contributed by atoms with E-state index in [9.17, 15) is 9.59 Å². The average molecular weight is 424 g/mol. The monoisotopic (exact) mass is 423 g/mol. The van der Waals surface area contributed by atoms with Crippen molar-refractivity contribution < 1.29 is 14.3 Å². The second-order valence-electron chi connectivity index (χ2n) is 8.16. The summed E-state index contributed by atoms with van der Waals surface area (Å²) in [6.07, 6.45) is 1.62. The first-order valence-electron chi connectivity index (χ1n) is 10.4. The lowest BCUT2D eigenvalue weighted by Gasteiger charge is -2.44. The molecule has 2 aromatic rings. The number of thioether (sulfide) groups is 1. The topological polar surface area (TPSA) is 75.9 Å². The number of esters is 1. The number of nitrogens with zero attached hydrogens (tertiary/aromatic N) is 2. The van der Waals surface area contributed by atoms with E-state index in [0.29, 0.717) is 0 Å². The van der Waals surface area contributed by atoms with Crippen molar-refractivity contribution in [2.45, 2.75) is 41.7 Å². The third-order valence-electron chi connectivity index (χ3n) is 6.43. The van der Waals surface area contributed by atoms with Crippen molar-refractivity contribution in [3.8, 4) is 0 Å². The summed E-state index contributed by atoms with van der Waals surface area (Å²) in [6.45, 7) is 1.89. The largest absolute Gasteiger partial charge is 0.459 e. The maximum Gasteiger partial charge on any atom is 0.330 e. The lowest BCUT2D eigenvalue weighted by molar-refractivity contribution is -0.164. The summed E-state index contributed by atoms with van der Waals surface area (Å²) >= 11 is 1.70. The first kappa shape index (κ1) is 19.5. The van der Waals surface area contributed by atoms with E-state index in [4.69, 9.17) is 10.5 Å². The van der Waals surface area contributed by atoms with Crippen LogP contribution in [0.2, 0.25) is 0 Å². The number of para-hydroxylation sites is 1. The number of fused-ring (bicyclic) bond motifs is 1. The summed E-state index contributed by atoms with van der Waals surface area (Å²) in [7, 11) is 0. The Morgan fingerprint density at radius 1 is 1.07 bits per heavy atom. The molecular weight excluding hydrogens is 398 g/mol. The first-order chi connectivity index (χ1) is 14.6. The number of benzene rings is 2. The van der Waals surface area contributed by atoms with Crippen LogP contribution in [0.1, 0.15) is 18.4 Å². The van der Waals surface area contributed by atoms with Crippen LogP contribution in [0.3, 0.4) is 0 Å². The molecular formula is C23H25N3O3S. The molecule has 7 heteroatoms.